The van der Waals surface area contributed by atoms with Crippen molar-refractivity contribution in [2.24, 2.45) is 5.92 Å². The molecule has 3 aromatic carbocycles. The summed E-state index contributed by atoms with van der Waals surface area (Å²) in [4.78, 5) is 0. The minimum Gasteiger partial charge on any atom is -0.336 e. The van der Waals surface area contributed by atoms with E-state index in [4.69, 9.17) is 4.42 Å². The minimum absolute atomic E-state index is 0.445. The minimum atomic E-state index is 0.445. The predicted molar refractivity (Wildman–Crippen MR) is 135 cm³/mol. The molecule has 1 aliphatic heterocycles. The van der Waals surface area contributed by atoms with Crippen molar-refractivity contribution < 1.29 is 8.99 Å². The summed E-state index contributed by atoms with van der Waals surface area (Å²) in [6, 6.07) is 20.5. The first-order valence-corrected chi connectivity index (χ1v) is 11.2. The van der Waals surface area contributed by atoms with Gasteiger partial charge in [0.25, 0.3) is 5.58 Å². The third-order valence-corrected chi connectivity index (χ3v) is 6.53. The van der Waals surface area contributed by atoms with Gasteiger partial charge in [0, 0.05) is 12.1 Å². The molecule has 2 heteroatoms. The average molecular weight is 420 g/mol. The number of hydrogen-bond acceptors (Lipinski definition) is 0. The second-order valence-corrected chi connectivity index (χ2v) is 9.19. The molecule has 0 bridgehead atoms. The van der Waals surface area contributed by atoms with E-state index in [1.807, 2.05) is 4.58 Å². The zero-order valence-corrected chi connectivity index (χ0v) is 19.5. The van der Waals surface area contributed by atoms with Gasteiger partial charge in [-0.15, -0.1) is 17.2 Å². The number of furan rings is 1. The van der Waals surface area contributed by atoms with Gasteiger partial charge in [-0.1, -0.05) is 81.7 Å². The van der Waals surface area contributed by atoms with Crippen LogP contribution in [0.15, 0.2) is 82.4 Å². The number of nitrogens with zero attached hydrogens (tertiary/aromatic N) is 1. The monoisotopic (exact) mass is 419 g/mol. The van der Waals surface area contributed by atoms with Crippen LogP contribution in [0.25, 0.3) is 33.1 Å². The Morgan fingerprint density at radius 3 is 2.38 bits per heavy atom. The molecule has 4 aromatic rings. The molecule has 0 spiro atoms. The molecule has 0 fully saturated rings. The van der Waals surface area contributed by atoms with E-state index in [2.05, 4.69) is 108 Å². The Morgan fingerprint density at radius 2 is 1.66 bits per heavy atom. The fourth-order valence-corrected chi connectivity index (χ4v) is 4.89. The number of allylic oxidation sites excluding steroid dienone is 2. The Morgan fingerprint density at radius 1 is 0.906 bits per heavy atom. The number of fused-ring (bicyclic) bond motifs is 3. The number of aryl methyl sites for hydroxylation is 2. The summed E-state index contributed by atoms with van der Waals surface area (Å²) in [5.74, 6) is 0.445. The van der Waals surface area contributed by atoms with Gasteiger partial charge in [0.05, 0.1) is 23.2 Å². The zero-order chi connectivity index (χ0) is 22.6. The van der Waals surface area contributed by atoms with Crippen LogP contribution in [0.5, 0.6) is 0 Å². The molecule has 0 radical (unpaired) electrons. The summed E-state index contributed by atoms with van der Waals surface area (Å²) < 4.78 is 8.57. The highest BCUT2D eigenvalue weighted by Gasteiger charge is 2.26. The lowest BCUT2D eigenvalue weighted by molar-refractivity contribution is -0.419. The Balaban J connectivity index is 1.77. The van der Waals surface area contributed by atoms with Crippen molar-refractivity contribution in [2.75, 3.05) is 0 Å². The van der Waals surface area contributed by atoms with Gasteiger partial charge in [-0.05, 0) is 35.7 Å². The molecule has 2 heterocycles. The first kappa shape index (κ1) is 20.4. The summed E-state index contributed by atoms with van der Waals surface area (Å²) in [6.45, 7) is 15.2. The number of hydrogen-bond donors (Lipinski definition) is 0. The van der Waals surface area contributed by atoms with Gasteiger partial charge < -0.3 is 4.58 Å². The highest BCUT2D eigenvalue weighted by atomic mass is 16.3. The molecule has 0 unspecified atom stereocenters. The van der Waals surface area contributed by atoms with Crippen molar-refractivity contribution in [3.8, 4) is 11.1 Å². The first-order valence-electron chi connectivity index (χ1n) is 11.2. The SMILES string of the molecule is C=[N+]1C=C(C)C(C(C)C)=C[C-]1c1c(C)ccc2c3cc(-c4ccccc4)cc(C)c3[o+][c-]12. The van der Waals surface area contributed by atoms with Gasteiger partial charge in [0.1, 0.15) is 0 Å². The quantitative estimate of drug-likeness (QED) is 0.187. The second-order valence-electron chi connectivity index (χ2n) is 9.19. The molecule has 0 aliphatic carbocycles. The van der Waals surface area contributed by atoms with E-state index in [1.54, 1.807) is 0 Å². The molecule has 0 atom stereocenters. The van der Waals surface area contributed by atoms with Gasteiger partial charge in [-0.3, -0.25) is 4.42 Å². The molecule has 32 heavy (non-hydrogen) atoms. The summed E-state index contributed by atoms with van der Waals surface area (Å²) in [6.07, 6.45) is 4.41. The first-order chi connectivity index (χ1) is 15.3. The van der Waals surface area contributed by atoms with Crippen LogP contribution >= 0.6 is 0 Å². The fourth-order valence-electron chi connectivity index (χ4n) is 4.89. The number of rotatable bonds is 3. The largest absolute Gasteiger partial charge is 0.347 e. The molecule has 5 rings (SSSR count). The van der Waals surface area contributed by atoms with Crippen LogP contribution in [-0.2, 0) is 0 Å². The van der Waals surface area contributed by atoms with Crippen molar-refractivity contribution in [2.45, 2.75) is 34.6 Å². The molecule has 0 saturated heterocycles. The van der Waals surface area contributed by atoms with Gasteiger partial charge in [0.15, 0.2) is 0 Å². The maximum atomic E-state index is 6.58. The molecule has 160 valence electrons. The molecular weight excluding hydrogens is 390 g/mol. The predicted octanol–water partition coefficient (Wildman–Crippen LogP) is 7.96. The average Bonchev–Trinajstić information content (AvgIpc) is 3.14. The Hall–Kier alpha value is -3.52. The lowest BCUT2D eigenvalue weighted by Gasteiger charge is -2.30. The highest BCUT2D eigenvalue weighted by Crippen LogP contribution is 2.41. The molecule has 0 N–H and O–H groups in total. The number of benzene rings is 3. The third kappa shape index (κ3) is 3.18. The third-order valence-electron chi connectivity index (χ3n) is 6.53. The van der Waals surface area contributed by atoms with Gasteiger partial charge >= 0.3 is 5.58 Å². The van der Waals surface area contributed by atoms with E-state index in [1.165, 1.54) is 27.8 Å². The van der Waals surface area contributed by atoms with Crippen molar-refractivity contribution >= 4 is 28.7 Å². The Labute approximate surface area is 190 Å². The zero-order valence-electron chi connectivity index (χ0n) is 19.5. The summed E-state index contributed by atoms with van der Waals surface area (Å²) in [7, 11) is 0. The Kier molecular flexibility index (Phi) is 4.82. The van der Waals surface area contributed by atoms with E-state index < -0.39 is 0 Å². The van der Waals surface area contributed by atoms with Gasteiger partial charge in [0.2, 0.25) is 0 Å². The van der Waals surface area contributed by atoms with Crippen LogP contribution in [0.2, 0.25) is 0 Å². The smallest absolute Gasteiger partial charge is 0.336 e. The van der Waals surface area contributed by atoms with Crippen LogP contribution in [0.1, 0.15) is 37.5 Å². The van der Waals surface area contributed by atoms with Crippen LogP contribution in [0.4, 0.5) is 0 Å². The van der Waals surface area contributed by atoms with E-state index in [9.17, 15) is 0 Å². The maximum Gasteiger partial charge on any atom is 0.347 e. The van der Waals surface area contributed by atoms with Crippen molar-refractivity contribution in [1.29, 1.82) is 0 Å². The molecular formula is C30H29NO. The van der Waals surface area contributed by atoms with E-state index in [0.29, 0.717) is 5.92 Å². The van der Waals surface area contributed by atoms with Crippen LogP contribution in [0, 0.1) is 25.8 Å². The topological polar surface area (TPSA) is 14.3 Å². The lowest BCUT2D eigenvalue weighted by atomic mass is 9.88. The highest BCUT2D eigenvalue weighted by molar-refractivity contribution is 6.09. The van der Waals surface area contributed by atoms with Crippen molar-refractivity contribution in [3.63, 3.8) is 0 Å². The van der Waals surface area contributed by atoms with Gasteiger partial charge in [-0.25, -0.2) is 0 Å². The Bertz CT molecular complexity index is 1430. The van der Waals surface area contributed by atoms with Crippen molar-refractivity contribution in [1.82, 2.24) is 0 Å². The summed E-state index contributed by atoms with van der Waals surface area (Å²) in [5.41, 5.74) is 10.4. The molecule has 2 nitrogen and oxygen atoms in total. The van der Waals surface area contributed by atoms with E-state index in [0.717, 1.165) is 39.1 Å². The molecule has 0 amide bonds. The second kappa shape index (κ2) is 7.56. The maximum absolute atomic E-state index is 6.58. The molecule has 1 aliphatic rings. The fraction of sp³-hybridized carbons (Fsp3) is 0.200. The van der Waals surface area contributed by atoms with Crippen LogP contribution < -0.4 is 0 Å². The molecule has 1 aromatic heterocycles. The summed E-state index contributed by atoms with van der Waals surface area (Å²) in [5, 5.41) is 2.31. The lowest BCUT2D eigenvalue weighted by Crippen LogP contribution is -2.19. The van der Waals surface area contributed by atoms with Crippen molar-refractivity contribution in [3.05, 3.63) is 101 Å². The van der Waals surface area contributed by atoms with E-state index in [-0.39, 0.29) is 0 Å². The van der Waals surface area contributed by atoms with Crippen LogP contribution in [-0.4, -0.2) is 11.3 Å². The van der Waals surface area contributed by atoms with E-state index >= 15 is 0 Å². The molecule has 0 saturated carbocycles. The standard InChI is InChI=1S/C30H29NO/c1-18(2)25-16-27(31(6)17-21(25)5)28-19(3)12-13-24-26-15-23(22-10-8-7-9-11-22)14-20(4)29(26)32-30(24)28/h7-18H,6H2,1-5H3. The normalized spacial score (nSPS) is 14.4. The van der Waals surface area contributed by atoms with Crippen LogP contribution in [0.3, 0.4) is 0 Å². The summed E-state index contributed by atoms with van der Waals surface area (Å²) >= 11 is 0. The van der Waals surface area contributed by atoms with Gasteiger partial charge in [-0.2, -0.15) is 0 Å².